The van der Waals surface area contributed by atoms with Crippen molar-refractivity contribution in [3.63, 3.8) is 0 Å². The van der Waals surface area contributed by atoms with Crippen LogP contribution in [0.4, 0.5) is 0 Å². The van der Waals surface area contributed by atoms with Crippen LogP contribution in [0.2, 0.25) is 0 Å². The zero-order valence-corrected chi connectivity index (χ0v) is 5.53. The van der Waals surface area contributed by atoms with Crippen LogP contribution < -0.4 is 0 Å². The molecule has 7 heavy (non-hydrogen) atoms. The van der Waals surface area contributed by atoms with Crippen molar-refractivity contribution in [2.75, 3.05) is 5.75 Å². The number of hydrogen-bond acceptors (Lipinski definition) is 2. The molecule has 0 aliphatic carbocycles. The van der Waals surface area contributed by atoms with Crippen molar-refractivity contribution in [1.82, 2.24) is 0 Å². The SMILES string of the molecule is CC1(C)OC1CS. The maximum atomic E-state index is 5.18. The topological polar surface area (TPSA) is 12.5 Å². The Morgan fingerprint density at radius 1 is 1.71 bits per heavy atom. The van der Waals surface area contributed by atoms with Gasteiger partial charge in [-0.2, -0.15) is 12.6 Å². The lowest BCUT2D eigenvalue weighted by Crippen LogP contribution is -2.02. The molecule has 1 nitrogen and oxygen atoms in total. The van der Waals surface area contributed by atoms with Crippen molar-refractivity contribution in [3.8, 4) is 0 Å². The van der Waals surface area contributed by atoms with E-state index in [1.165, 1.54) is 0 Å². The molecule has 0 amide bonds. The van der Waals surface area contributed by atoms with Crippen molar-refractivity contribution < 1.29 is 4.74 Å². The highest BCUT2D eigenvalue weighted by atomic mass is 32.1. The Kier molecular flexibility index (Phi) is 1.08. The average Bonchev–Trinajstić information content (AvgIpc) is 2.13. The van der Waals surface area contributed by atoms with E-state index in [-0.39, 0.29) is 5.60 Å². The van der Waals surface area contributed by atoms with Crippen LogP contribution in [0.5, 0.6) is 0 Å². The van der Waals surface area contributed by atoms with Crippen LogP contribution in [-0.2, 0) is 4.74 Å². The molecule has 0 aromatic heterocycles. The summed E-state index contributed by atoms with van der Waals surface area (Å²) in [5.74, 6) is 0.854. The number of rotatable bonds is 1. The quantitative estimate of drug-likeness (QED) is 0.401. The van der Waals surface area contributed by atoms with E-state index < -0.39 is 0 Å². The molecular formula is C5H10OS. The lowest BCUT2D eigenvalue weighted by Gasteiger charge is -1.87. The van der Waals surface area contributed by atoms with E-state index in [0.29, 0.717) is 6.10 Å². The highest BCUT2D eigenvalue weighted by molar-refractivity contribution is 7.80. The molecule has 0 saturated carbocycles. The highest BCUT2D eigenvalue weighted by Gasteiger charge is 2.46. The summed E-state index contributed by atoms with van der Waals surface area (Å²) in [6.07, 6.45) is 0.413. The largest absolute Gasteiger partial charge is 0.366 e. The minimum atomic E-state index is 0.141. The minimum Gasteiger partial charge on any atom is -0.366 e. The van der Waals surface area contributed by atoms with Gasteiger partial charge in [0.15, 0.2) is 0 Å². The lowest BCUT2D eigenvalue weighted by molar-refractivity contribution is 0.329. The first-order valence-electron chi connectivity index (χ1n) is 2.45. The predicted molar refractivity (Wildman–Crippen MR) is 32.8 cm³/mol. The average molecular weight is 118 g/mol. The second-order valence-electron chi connectivity index (χ2n) is 2.39. The van der Waals surface area contributed by atoms with Crippen molar-refractivity contribution in [2.45, 2.75) is 25.6 Å². The van der Waals surface area contributed by atoms with Gasteiger partial charge in [-0.1, -0.05) is 0 Å². The van der Waals surface area contributed by atoms with Gasteiger partial charge in [0.05, 0.1) is 11.7 Å². The highest BCUT2D eigenvalue weighted by Crippen LogP contribution is 2.35. The molecule has 0 aromatic rings. The van der Waals surface area contributed by atoms with Gasteiger partial charge in [-0.25, -0.2) is 0 Å². The number of ether oxygens (including phenoxy) is 1. The monoisotopic (exact) mass is 118 g/mol. The first-order valence-corrected chi connectivity index (χ1v) is 3.09. The second kappa shape index (κ2) is 1.39. The number of thiol groups is 1. The first kappa shape index (κ1) is 5.45. The molecule has 0 bridgehead atoms. The number of epoxide rings is 1. The normalized spacial score (nSPS) is 35.6. The van der Waals surface area contributed by atoms with E-state index in [4.69, 9.17) is 4.74 Å². The van der Waals surface area contributed by atoms with Crippen LogP contribution in [0.15, 0.2) is 0 Å². The molecule has 1 aliphatic rings. The van der Waals surface area contributed by atoms with Gasteiger partial charge in [0.2, 0.25) is 0 Å². The van der Waals surface area contributed by atoms with Gasteiger partial charge in [0.25, 0.3) is 0 Å². The van der Waals surface area contributed by atoms with Crippen molar-refractivity contribution in [2.24, 2.45) is 0 Å². The molecule has 1 atom stereocenters. The Hall–Kier alpha value is 0.310. The maximum Gasteiger partial charge on any atom is 0.0955 e. The van der Waals surface area contributed by atoms with Crippen LogP contribution in [-0.4, -0.2) is 17.5 Å². The Morgan fingerprint density at radius 3 is 2.14 bits per heavy atom. The molecule has 0 aromatic carbocycles. The van der Waals surface area contributed by atoms with E-state index in [9.17, 15) is 0 Å². The zero-order chi connectivity index (χ0) is 5.49. The molecule has 1 saturated heterocycles. The predicted octanol–water partition coefficient (Wildman–Crippen LogP) is 1.09. The summed E-state index contributed by atoms with van der Waals surface area (Å²) in [5.41, 5.74) is 0.141. The molecule has 0 spiro atoms. The molecule has 1 fully saturated rings. The van der Waals surface area contributed by atoms with Crippen molar-refractivity contribution in [3.05, 3.63) is 0 Å². The van der Waals surface area contributed by atoms with Gasteiger partial charge >= 0.3 is 0 Å². The Bertz CT molecular complexity index is 80.1. The maximum absolute atomic E-state index is 5.18. The summed E-state index contributed by atoms with van der Waals surface area (Å²) in [7, 11) is 0. The van der Waals surface area contributed by atoms with Crippen LogP contribution in [0.1, 0.15) is 13.8 Å². The van der Waals surface area contributed by atoms with Crippen LogP contribution in [0.3, 0.4) is 0 Å². The third-order valence-electron chi connectivity index (χ3n) is 1.33. The van der Waals surface area contributed by atoms with Gasteiger partial charge in [-0.15, -0.1) is 0 Å². The molecule has 1 rings (SSSR count). The molecule has 1 heterocycles. The van der Waals surface area contributed by atoms with Gasteiger partial charge in [0.1, 0.15) is 0 Å². The van der Waals surface area contributed by atoms with E-state index >= 15 is 0 Å². The molecule has 1 unspecified atom stereocenters. The first-order chi connectivity index (χ1) is 3.17. The summed E-state index contributed by atoms with van der Waals surface area (Å²) < 4.78 is 5.18. The fourth-order valence-electron chi connectivity index (χ4n) is 0.590. The summed E-state index contributed by atoms with van der Waals surface area (Å²) in [6, 6.07) is 0. The molecule has 42 valence electrons. The second-order valence-corrected chi connectivity index (χ2v) is 2.76. The standard InChI is InChI=1S/C5H10OS/c1-5(2)4(3-7)6-5/h4,7H,3H2,1-2H3. The van der Waals surface area contributed by atoms with Gasteiger partial charge in [-0.3, -0.25) is 0 Å². The molecule has 0 N–H and O–H groups in total. The van der Waals surface area contributed by atoms with Gasteiger partial charge in [0, 0.05) is 5.75 Å². The summed E-state index contributed by atoms with van der Waals surface area (Å²) in [5, 5.41) is 0. The minimum absolute atomic E-state index is 0.141. The third kappa shape index (κ3) is 0.916. The fraction of sp³-hybridized carbons (Fsp3) is 1.00. The smallest absolute Gasteiger partial charge is 0.0955 e. The summed E-state index contributed by atoms with van der Waals surface area (Å²) in [6.45, 7) is 4.15. The van der Waals surface area contributed by atoms with E-state index in [0.717, 1.165) is 5.75 Å². The zero-order valence-electron chi connectivity index (χ0n) is 4.64. The Balaban J connectivity index is 2.30. The molecular weight excluding hydrogens is 108 g/mol. The van der Waals surface area contributed by atoms with Crippen LogP contribution >= 0.6 is 12.6 Å². The van der Waals surface area contributed by atoms with Gasteiger partial charge in [-0.05, 0) is 13.8 Å². The summed E-state index contributed by atoms with van der Waals surface area (Å²) in [4.78, 5) is 0. The van der Waals surface area contributed by atoms with Crippen LogP contribution in [0, 0.1) is 0 Å². The molecule has 0 radical (unpaired) electrons. The van der Waals surface area contributed by atoms with E-state index in [2.05, 4.69) is 26.5 Å². The lowest BCUT2D eigenvalue weighted by atomic mass is 10.2. The number of hydrogen-bond donors (Lipinski definition) is 1. The fourth-order valence-corrected chi connectivity index (χ4v) is 1.10. The Labute approximate surface area is 49.5 Å². The van der Waals surface area contributed by atoms with Crippen molar-refractivity contribution >= 4 is 12.6 Å². The van der Waals surface area contributed by atoms with Gasteiger partial charge < -0.3 is 4.74 Å². The molecule has 1 aliphatic heterocycles. The molecule has 2 heteroatoms. The van der Waals surface area contributed by atoms with Crippen molar-refractivity contribution in [1.29, 1.82) is 0 Å². The third-order valence-corrected chi connectivity index (χ3v) is 1.66. The summed E-state index contributed by atoms with van der Waals surface area (Å²) >= 11 is 4.07. The Morgan fingerprint density at radius 2 is 2.14 bits per heavy atom. The van der Waals surface area contributed by atoms with Crippen LogP contribution in [0.25, 0.3) is 0 Å². The van der Waals surface area contributed by atoms with E-state index in [1.54, 1.807) is 0 Å². The van der Waals surface area contributed by atoms with E-state index in [1.807, 2.05) is 0 Å².